The van der Waals surface area contributed by atoms with Crippen LogP contribution in [0.2, 0.25) is 18.1 Å². The van der Waals surface area contributed by atoms with Gasteiger partial charge >= 0.3 is 6.09 Å². The average molecular weight is 600 g/mol. The second-order valence-corrected chi connectivity index (χ2v) is 17.4. The van der Waals surface area contributed by atoms with Crippen molar-refractivity contribution in [1.29, 1.82) is 0 Å². The van der Waals surface area contributed by atoms with Gasteiger partial charge in [0.15, 0.2) is 0 Å². The van der Waals surface area contributed by atoms with E-state index in [9.17, 15) is 9.59 Å². The molecule has 43 heavy (non-hydrogen) atoms. The number of H-pyrrole nitrogens is 1. The minimum absolute atomic E-state index is 0.0688. The van der Waals surface area contributed by atoms with Crippen molar-refractivity contribution in [2.24, 2.45) is 5.92 Å². The molecule has 3 heterocycles. The topological polar surface area (TPSA) is 109 Å². The van der Waals surface area contributed by atoms with Crippen LogP contribution in [0.25, 0.3) is 10.9 Å². The molecule has 1 aliphatic rings. The number of nitrogens with one attached hydrogen (secondary N) is 3. The van der Waals surface area contributed by atoms with Crippen molar-refractivity contribution < 1.29 is 18.8 Å². The van der Waals surface area contributed by atoms with Gasteiger partial charge in [-0.3, -0.25) is 15.1 Å². The molecule has 9 nitrogen and oxygen atoms in total. The quantitative estimate of drug-likeness (QED) is 0.179. The third-order valence-electron chi connectivity index (χ3n) is 8.58. The number of pyridine rings is 1. The molecule has 0 atom stereocenters. The van der Waals surface area contributed by atoms with Gasteiger partial charge in [-0.25, -0.2) is 4.79 Å². The number of carbonyl (C=O) groups excluding carboxylic acids is 2. The zero-order chi connectivity index (χ0) is 30.6. The predicted molar refractivity (Wildman–Crippen MR) is 175 cm³/mol. The number of anilines is 3. The summed E-state index contributed by atoms with van der Waals surface area (Å²) in [7, 11) is -2.28. The Balaban J connectivity index is 1.29. The highest BCUT2D eigenvalue weighted by atomic mass is 28.4. The number of rotatable bonds is 8. The van der Waals surface area contributed by atoms with Crippen LogP contribution in [0.3, 0.4) is 0 Å². The van der Waals surface area contributed by atoms with E-state index in [0.29, 0.717) is 29.3 Å². The first kappa shape index (κ1) is 30.2. The summed E-state index contributed by atoms with van der Waals surface area (Å²) in [6.07, 6.45) is 6.72. The number of piperidine rings is 1. The van der Waals surface area contributed by atoms with Crippen molar-refractivity contribution in [3.8, 4) is 5.75 Å². The second-order valence-electron chi connectivity index (χ2n) is 12.6. The zero-order valence-electron chi connectivity index (χ0n) is 25.6. The number of hydrogen-bond acceptors (Lipinski definition) is 6. The van der Waals surface area contributed by atoms with Crippen LogP contribution in [0.4, 0.5) is 21.9 Å². The molecule has 4 aromatic rings. The predicted octanol–water partition coefficient (Wildman–Crippen LogP) is 7.66. The number of aromatic nitrogens is 2. The van der Waals surface area contributed by atoms with E-state index in [1.165, 1.54) is 0 Å². The monoisotopic (exact) mass is 599 g/mol. The standard InChI is InChI=1S/C33H41N5O4Si/c1-33(2,3)43(4,5)42-29-8-6-7-27(36-31(39)25-10-9-24-11-18-35-28(24)21-25)30(29)37-32(40)41-22-23-14-19-38(20-15-23)26-12-16-34-17-13-26/h6-13,16-18,21,23,35H,14-15,19-20,22H2,1-5H3,(H,36,39)(H,37,40). The van der Waals surface area contributed by atoms with Gasteiger partial charge in [-0.2, -0.15) is 0 Å². The van der Waals surface area contributed by atoms with Gasteiger partial charge in [-0.1, -0.05) is 32.9 Å². The number of amides is 2. The summed E-state index contributed by atoms with van der Waals surface area (Å²) in [5, 5.41) is 6.84. The maximum Gasteiger partial charge on any atom is 0.411 e. The number of aromatic amines is 1. The Labute approximate surface area is 254 Å². The Morgan fingerprint density at radius 3 is 2.49 bits per heavy atom. The number of para-hydroxylation sites is 1. The summed E-state index contributed by atoms with van der Waals surface area (Å²) in [6, 6.07) is 16.9. The molecule has 10 heteroatoms. The molecular weight excluding hydrogens is 558 g/mol. The summed E-state index contributed by atoms with van der Waals surface area (Å²) in [4.78, 5) is 36.1. The molecule has 1 fully saturated rings. The largest absolute Gasteiger partial charge is 0.542 e. The summed E-state index contributed by atoms with van der Waals surface area (Å²) in [5.41, 5.74) is 3.36. The van der Waals surface area contributed by atoms with Crippen LogP contribution < -0.4 is 20.0 Å². The maximum atomic E-state index is 13.3. The Morgan fingerprint density at radius 1 is 1.02 bits per heavy atom. The second kappa shape index (κ2) is 12.5. The lowest BCUT2D eigenvalue weighted by Gasteiger charge is -2.37. The molecule has 1 saturated heterocycles. The molecule has 226 valence electrons. The first-order chi connectivity index (χ1) is 20.5. The molecular formula is C33H41N5O4Si. The number of fused-ring (bicyclic) bond motifs is 1. The summed E-state index contributed by atoms with van der Waals surface area (Å²) < 4.78 is 12.3. The van der Waals surface area contributed by atoms with Crippen LogP contribution in [-0.4, -0.2) is 50.0 Å². The molecule has 1 aliphatic heterocycles. The number of nitrogens with zero attached hydrogens (tertiary/aromatic N) is 2. The molecule has 5 rings (SSSR count). The molecule has 0 aliphatic carbocycles. The smallest absolute Gasteiger partial charge is 0.411 e. The van der Waals surface area contributed by atoms with E-state index in [2.05, 4.69) is 59.4 Å². The van der Waals surface area contributed by atoms with E-state index in [1.807, 2.05) is 48.7 Å². The molecule has 0 saturated carbocycles. The Morgan fingerprint density at radius 2 is 1.77 bits per heavy atom. The average Bonchev–Trinajstić information content (AvgIpc) is 3.46. The highest BCUT2D eigenvalue weighted by Crippen LogP contribution is 2.41. The van der Waals surface area contributed by atoms with Crippen LogP contribution in [0.15, 0.2) is 73.2 Å². The van der Waals surface area contributed by atoms with Gasteiger partial charge in [-0.05, 0) is 84.7 Å². The number of ether oxygens (including phenoxy) is 1. The molecule has 3 N–H and O–H groups in total. The fraction of sp³-hybridized carbons (Fsp3) is 0.364. The van der Waals surface area contributed by atoms with Crippen molar-refractivity contribution in [2.45, 2.75) is 51.7 Å². The highest BCUT2D eigenvalue weighted by molar-refractivity contribution is 6.74. The minimum atomic E-state index is -2.28. The van der Waals surface area contributed by atoms with Gasteiger partial charge in [0.05, 0.1) is 12.3 Å². The van der Waals surface area contributed by atoms with Crippen LogP contribution in [0, 0.1) is 5.92 Å². The van der Waals surface area contributed by atoms with Crippen LogP contribution >= 0.6 is 0 Å². The van der Waals surface area contributed by atoms with Gasteiger partial charge in [-0.15, -0.1) is 0 Å². The van der Waals surface area contributed by atoms with E-state index in [-0.39, 0.29) is 16.9 Å². The highest BCUT2D eigenvalue weighted by Gasteiger charge is 2.39. The van der Waals surface area contributed by atoms with Crippen LogP contribution in [0.1, 0.15) is 44.0 Å². The lowest BCUT2D eigenvalue weighted by atomic mass is 9.97. The summed E-state index contributed by atoms with van der Waals surface area (Å²) >= 11 is 0. The fourth-order valence-corrected chi connectivity index (χ4v) is 5.93. The first-order valence-corrected chi connectivity index (χ1v) is 17.7. The van der Waals surface area contributed by atoms with Gasteiger partial charge in [0.25, 0.3) is 14.2 Å². The summed E-state index contributed by atoms with van der Waals surface area (Å²) in [6.45, 7) is 12.9. The van der Waals surface area contributed by atoms with Crippen molar-refractivity contribution in [1.82, 2.24) is 9.97 Å². The van der Waals surface area contributed by atoms with Gasteiger partial charge < -0.3 is 24.4 Å². The Bertz CT molecular complexity index is 1570. The lowest BCUT2D eigenvalue weighted by Crippen LogP contribution is -2.44. The normalized spacial score (nSPS) is 14.4. The number of carbonyl (C=O) groups is 2. The summed E-state index contributed by atoms with van der Waals surface area (Å²) in [5.74, 6) is 0.481. The Kier molecular flexibility index (Phi) is 8.77. The van der Waals surface area contributed by atoms with E-state index in [4.69, 9.17) is 9.16 Å². The minimum Gasteiger partial charge on any atom is -0.542 e. The Hall–Kier alpha value is -4.31. The van der Waals surface area contributed by atoms with Gasteiger partial charge in [0, 0.05) is 48.4 Å². The van der Waals surface area contributed by atoms with E-state index in [1.54, 1.807) is 24.5 Å². The molecule has 0 bridgehead atoms. The van der Waals surface area contributed by atoms with Crippen LogP contribution in [0.5, 0.6) is 5.75 Å². The van der Waals surface area contributed by atoms with Crippen LogP contribution in [-0.2, 0) is 4.74 Å². The number of hydrogen-bond donors (Lipinski definition) is 3. The third kappa shape index (κ3) is 7.19. The molecule has 2 amide bonds. The van der Waals surface area contributed by atoms with Crippen molar-refractivity contribution in [3.63, 3.8) is 0 Å². The van der Waals surface area contributed by atoms with Crippen molar-refractivity contribution >= 4 is 48.3 Å². The van der Waals surface area contributed by atoms with E-state index >= 15 is 0 Å². The first-order valence-electron chi connectivity index (χ1n) is 14.8. The molecule has 2 aromatic carbocycles. The maximum absolute atomic E-state index is 13.3. The molecule has 0 unspecified atom stereocenters. The molecule has 0 radical (unpaired) electrons. The fourth-order valence-electron chi connectivity index (χ4n) is 4.91. The van der Waals surface area contributed by atoms with E-state index in [0.717, 1.165) is 42.5 Å². The van der Waals surface area contributed by atoms with Crippen molar-refractivity contribution in [3.05, 3.63) is 78.8 Å². The van der Waals surface area contributed by atoms with Gasteiger partial charge in [0.2, 0.25) is 0 Å². The molecule has 0 spiro atoms. The lowest BCUT2D eigenvalue weighted by molar-refractivity contribution is 0.102. The third-order valence-corrected chi connectivity index (χ3v) is 12.9. The zero-order valence-corrected chi connectivity index (χ0v) is 26.6. The van der Waals surface area contributed by atoms with Gasteiger partial charge in [0.1, 0.15) is 11.4 Å². The number of benzene rings is 2. The SMILES string of the molecule is CC(C)(C)[Si](C)(C)Oc1cccc(NC(=O)c2ccc3cc[nH]c3c2)c1NC(=O)OCC1CCN(c2ccncc2)CC1. The molecule has 2 aromatic heterocycles. The van der Waals surface area contributed by atoms with E-state index < -0.39 is 14.4 Å². The van der Waals surface area contributed by atoms with Crippen molar-refractivity contribution in [2.75, 3.05) is 35.2 Å².